The van der Waals surface area contributed by atoms with Crippen LogP contribution in [0.15, 0.2) is 73.1 Å². The molecular weight excluding hydrogens is 428 g/mol. The van der Waals surface area contributed by atoms with Gasteiger partial charge in [-0.2, -0.15) is 5.10 Å². The summed E-state index contributed by atoms with van der Waals surface area (Å²) in [7, 11) is 0. The number of pyridine rings is 1. The van der Waals surface area contributed by atoms with Crippen LogP contribution < -0.4 is 0 Å². The lowest BCUT2D eigenvalue weighted by atomic mass is 10.1. The molecule has 5 aromatic rings. The van der Waals surface area contributed by atoms with Gasteiger partial charge in [-0.15, -0.1) is 0 Å². The van der Waals surface area contributed by atoms with Crippen molar-refractivity contribution < 1.29 is 4.92 Å². The highest BCUT2D eigenvalue weighted by Crippen LogP contribution is 2.35. The summed E-state index contributed by atoms with van der Waals surface area (Å²) in [4.78, 5) is 24.8. The van der Waals surface area contributed by atoms with Gasteiger partial charge in [-0.1, -0.05) is 48.0 Å². The van der Waals surface area contributed by atoms with Crippen molar-refractivity contribution in [2.75, 3.05) is 0 Å². The van der Waals surface area contributed by atoms with E-state index in [1.54, 1.807) is 23.1 Å². The zero-order valence-electron chi connectivity index (χ0n) is 16.8. The fourth-order valence-corrected chi connectivity index (χ4v) is 3.72. The summed E-state index contributed by atoms with van der Waals surface area (Å²) >= 11 is 6.06. The van der Waals surface area contributed by atoms with Gasteiger partial charge in [0.2, 0.25) is 0 Å². The Labute approximate surface area is 187 Å². The number of hydrogen-bond donors (Lipinski definition) is 0. The van der Waals surface area contributed by atoms with E-state index in [-0.39, 0.29) is 10.7 Å². The van der Waals surface area contributed by atoms with Crippen LogP contribution in [0, 0.1) is 17.0 Å². The van der Waals surface area contributed by atoms with Gasteiger partial charge < -0.3 is 0 Å². The maximum absolute atomic E-state index is 11.5. The predicted octanol–water partition coefficient (Wildman–Crippen LogP) is 5.41. The van der Waals surface area contributed by atoms with Crippen molar-refractivity contribution in [1.82, 2.24) is 24.7 Å². The second-order valence-electron chi connectivity index (χ2n) is 7.09. The number of rotatable bonds is 4. The summed E-state index contributed by atoms with van der Waals surface area (Å²) in [6.07, 6.45) is 3.36. The van der Waals surface area contributed by atoms with Crippen LogP contribution in [0.2, 0.25) is 5.02 Å². The van der Waals surface area contributed by atoms with Gasteiger partial charge in [0.05, 0.1) is 22.5 Å². The molecule has 0 aliphatic heterocycles. The molecule has 9 heteroatoms. The summed E-state index contributed by atoms with van der Waals surface area (Å²) in [5.74, 6) is 0.500. The summed E-state index contributed by atoms with van der Waals surface area (Å²) < 4.78 is 1.71. The molecule has 0 unspecified atom stereocenters. The molecule has 0 radical (unpaired) electrons. The van der Waals surface area contributed by atoms with Crippen LogP contribution in [0.3, 0.4) is 0 Å². The van der Waals surface area contributed by atoms with E-state index in [4.69, 9.17) is 21.6 Å². The van der Waals surface area contributed by atoms with E-state index < -0.39 is 4.92 Å². The zero-order chi connectivity index (χ0) is 22.2. The molecule has 5 rings (SSSR count). The first-order valence-electron chi connectivity index (χ1n) is 9.70. The summed E-state index contributed by atoms with van der Waals surface area (Å²) in [6, 6.07) is 17.9. The van der Waals surface area contributed by atoms with E-state index in [9.17, 15) is 10.1 Å². The van der Waals surface area contributed by atoms with E-state index in [1.165, 1.54) is 12.1 Å². The second-order valence-corrected chi connectivity index (χ2v) is 7.50. The first kappa shape index (κ1) is 19.8. The van der Waals surface area contributed by atoms with Gasteiger partial charge in [0, 0.05) is 23.4 Å². The quantitative estimate of drug-likeness (QED) is 0.272. The fourth-order valence-electron chi connectivity index (χ4n) is 3.54. The minimum atomic E-state index is -0.508. The van der Waals surface area contributed by atoms with Crippen LogP contribution in [-0.2, 0) is 0 Å². The van der Waals surface area contributed by atoms with Gasteiger partial charge in [0.15, 0.2) is 5.82 Å². The van der Waals surface area contributed by atoms with Crippen molar-refractivity contribution in [2.24, 2.45) is 0 Å². The number of fused-ring (bicyclic) bond motifs is 1. The number of aryl methyl sites for hydroxylation is 1. The van der Waals surface area contributed by atoms with Crippen molar-refractivity contribution >= 4 is 28.3 Å². The molecule has 0 atom stereocenters. The molecule has 32 heavy (non-hydrogen) atoms. The topological polar surface area (TPSA) is 99.6 Å². The monoisotopic (exact) mass is 442 g/mol. The number of benzene rings is 2. The lowest BCUT2D eigenvalue weighted by Crippen LogP contribution is -2.01. The van der Waals surface area contributed by atoms with Crippen LogP contribution >= 0.6 is 11.6 Å². The van der Waals surface area contributed by atoms with E-state index in [2.05, 4.69) is 10.1 Å². The molecule has 0 saturated carbocycles. The average Bonchev–Trinajstić information content (AvgIpc) is 3.16. The van der Waals surface area contributed by atoms with Crippen molar-refractivity contribution in [3.05, 3.63) is 93.9 Å². The first-order chi connectivity index (χ1) is 15.5. The third kappa shape index (κ3) is 3.36. The third-order valence-corrected chi connectivity index (χ3v) is 5.35. The van der Waals surface area contributed by atoms with Gasteiger partial charge in [-0.25, -0.2) is 14.6 Å². The summed E-state index contributed by atoms with van der Waals surface area (Å²) in [5.41, 5.74) is 4.39. The molecule has 0 aliphatic carbocycles. The lowest BCUT2D eigenvalue weighted by Gasteiger charge is -2.10. The minimum absolute atomic E-state index is 0.0595. The Hall–Kier alpha value is -4.17. The lowest BCUT2D eigenvalue weighted by molar-refractivity contribution is -0.384. The van der Waals surface area contributed by atoms with Crippen LogP contribution in [0.4, 0.5) is 5.69 Å². The second kappa shape index (κ2) is 7.82. The highest BCUT2D eigenvalue weighted by Gasteiger charge is 2.22. The number of nitro benzene ring substituents is 1. The smallest absolute Gasteiger partial charge is 0.262 e. The number of nitrogens with zero attached hydrogens (tertiary/aromatic N) is 6. The largest absolute Gasteiger partial charge is 0.288 e. The molecule has 0 amide bonds. The molecule has 0 bridgehead atoms. The van der Waals surface area contributed by atoms with E-state index in [1.807, 2.05) is 49.4 Å². The Morgan fingerprint density at radius 2 is 1.81 bits per heavy atom. The van der Waals surface area contributed by atoms with Crippen molar-refractivity contribution in [1.29, 1.82) is 0 Å². The Balaban J connectivity index is 1.87. The van der Waals surface area contributed by atoms with Crippen LogP contribution in [0.25, 0.3) is 39.4 Å². The van der Waals surface area contributed by atoms with Crippen molar-refractivity contribution in [2.45, 2.75) is 6.92 Å². The maximum atomic E-state index is 11.5. The Bertz CT molecular complexity index is 1470. The molecule has 156 valence electrons. The fraction of sp³-hybridized carbons (Fsp3) is 0.0435. The van der Waals surface area contributed by atoms with E-state index >= 15 is 0 Å². The van der Waals surface area contributed by atoms with E-state index in [0.29, 0.717) is 33.8 Å². The van der Waals surface area contributed by atoms with Crippen LogP contribution in [-0.4, -0.2) is 29.7 Å². The normalized spacial score (nSPS) is 11.1. The molecule has 0 aliphatic rings. The third-order valence-electron chi connectivity index (χ3n) is 5.03. The average molecular weight is 443 g/mol. The number of aromatic nitrogens is 5. The summed E-state index contributed by atoms with van der Waals surface area (Å²) in [6.45, 7) is 1.87. The molecule has 3 heterocycles. The van der Waals surface area contributed by atoms with Gasteiger partial charge in [-0.3, -0.25) is 15.1 Å². The molecular formula is C23H15ClN6O2. The minimum Gasteiger partial charge on any atom is -0.262 e. The van der Waals surface area contributed by atoms with Gasteiger partial charge >= 0.3 is 0 Å². The standard InChI is InChI=1S/C23H15ClN6O2/c1-14-20-22(29(28-14)17-8-5-11-25-13-17)21(16-9-10-18(24)19(12-16)30(31)32)27-23(26-20)15-6-3-2-4-7-15/h2-13H,1H3. The summed E-state index contributed by atoms with van der Waals surface area (Å²) in [5, 5.41) is 16.2. The molecule has 0 spiro atoms. The Morgan fingerprint density at radius 3 is 2.53 bits per heavy atom. The number of hydrogen-bond acceptors (Lipinski definition) is 6. The van der Waals surface area contributed by atoms with Gasteiger partial charge in [-0.05, 0) is 25.1 Å². The molecule has 3 aromatic heterocycles. The highest BCUT2D eigenvalue weighted by molar-refractivity contribution is 6.32. The zero-order valence-corrected chi connectivity index (χ0v) is 17.6. The van der Waals surface area contributed by atoms with Gasteiger partial charge in [0.25, 0.3) is 5.69 Å². The van der Waals surface area contributed by atoms with Crippen LogP contribution in [0.1, 0.15) is 5.69 Å². The molecule has 8 nitrogen and oxygen atoms in total. The Kier molecular flexibility index (Phi) is 4.84. The van der Waals surface area contributed by atoms with Crippen LogP contribution in [0.5, 0.6) is 0 Å². The molecule has 0 N–H and O–H groups in total. The molecule has 0 fully saturated rings. The van der Waals surface area contributed by atoms with Crippen molar-refractivity contribution in [3.8, 4) is 28.3 Å². The SMILES string of the molecule is Cc1nn(-c2cccnc2)c2c(-c3ccc(Cl)c([N+](=O)[O-])c3)nc(-c3ccccc3)nc12. The maximum Gasteiger partial charge on any atom is 0.288 e. The number of nitro groups is 1. The molecule has 2 aromatic carbocycles. The number of halogens is 1. The predicted molar refractivity (Wildman–Crippen MR) is 122 cm³/mol. The highest BCUT2D eigenvalue weighted by atomic mass is 35.5. The first-order valence-corrected chi connectivity index (χ1v) is 10.1. The van der Waals surface area contributed by atoms with Crippen molar-refractivity contribution in [3.63, 3.8) is 0 Å². The molecule has 0 saturated heterocycles. The van der Waals surface area contributed by atoms with E-state index in [0.717, 1.165) is 11.3 Å². The van der Waals surface area contributed by atoms with Gasteiger partial charge in [0.1, 0.15) is 21.7 Å². The Morgan fingerprint density at radius 1 is 1.00 bits per heavy atom.